The van der Waals surface area contributed by atoms with Gasteiger partial charge in [0, 0.05) is 16.5 Å². The van der Waals surface area contributed by atoms with Gasteiger partial charge in [0.05, 0.1) is 5.56 Å². The third-order valence-corrected chi connectivity index (χ3v) is 3.60. The van der Waals surface area contributed by atoms with Crippen LogP contribution < -0.4 is 11.1 Å². The van der Waals surface area contributed by atoms with E-state index in [0.717, 1.165) is 17.4 Å². The van der Waals surface area contributed by atoms with Crippen molar-refractivity contribution >= 4 is 35.3 Å². The Morgan fingerprint density at radius 3 is 2.57 bits per heavy atom. The molecule has 4 N–H and O–H groups in total. The van der Waals surface area contributed by atoms with E-state index in [1.807, 2.05) is 18.2 Å². The number of nitrogens with two attached hydrogens (primary N) is 1. The Morgan fingerprint density at radius 2 is 1.87 bits per heavy atom. The molecule has 1 heterocycles. The summed E-state index contributed by atoms with van der Waals surface area (Å²) in [6.07, 6.45) is 1.26. The molecule has 3 rings (SSSR count). The van der Waals surface area contributed by atoms with E-state index >= 15 is 0 Å². The number of H-pyrrole nitrogens is 1. The van der Waals surface area contributed by atoms with Crippen LogP contribution in [-0.2, 0) is 4.79 Å². The third-order valence-electron chi connectivity index (χ3n) is 3.60. The van der Waals surface area contributed by atoms with Crippen molar-refractivity contribution in [1.82, 2.24) is 4.98 Å². The van der Waals surface area contributed by atoms with Crippen molar-refractivity contribution in [2.75, 3.05) is 5.32 Å². The molecule has 0 radical (unpaired) electrons. The summed E-state index contributed by atoms with van der Waals surface area (Å²) in [4.78, 5) is 36.2. The molecule has 114 valence electrons. The topological polar surface area (TPSA) is 105 Å². The van der Waals surface area contributed by atoms with Crippen molar-refractivity contribution < 1.29 is 14.4 Å². The molecule has 0 unspecified atom stereocenters. The van der Waals surface area contributed by atoms with Gasteiger partial charge in [0.1, 0.15) is 12.1 Å². The standard InChI is InChI=1S/C17H13N3O3/c18-16(23)15-13-5-4-12(7-14(13)20-17(15)19-9-22)11-3-1-2-10(6-11)8-21/h1-9,20H,(H2,18,23)(H,19,22). The summed E-state index contributed by atoms with van der Waals surface area (Å²) in [5.74, 6) is -0.363. The molecule has 6 heteroatoms. The summed E-state index contributed by atoms with van der Waals surface area (Å²) in [5, 5.41) is 3.06. The summed E-state index contributed by atoms with van der Waals surface area (Å²) in [6.45, 7) is 0. The van der Waals surface area contributed by atoms with Gasteiger partial charge in [-0.05, 0) is 23.3 Å². The predicted octanol–water partition coefficient (Wildman–Crippen LogP) is 2.31. The first-order valence-corrected chi connectivity index (χ1v) is 6.85. The lowest BCUT2D eigenvalue weighted by atomic mass is 10.0. The van der Waals surface area contributed by atoms with Crippen molar-refractivity contribution in [2.45, 2.75) is 0 Å². The molecule has 3 aromatic rings. The highest BCUT2D eigenvalue weighted by Gasteiger charge is 2.16. The maximum Gasteiger partial charge on any atom is 0.253 e. The van der Waals surface area contributed by atoms with Gasteiger partial charge in [-0.15, -0.1) is 0 Å². The predicted molar refractivity (Wildman–Crippen MR) is 87.3 cm³/mol. The number of amides is 2. The number of aromatic nitrogens is 1. The number of fused-ring (bicyclic) bond motifs is 1. The second-order valence-electron chi connectivity index (χ2n) is 5.01. The van der Waals surface area contributed by atoms with Gasteiger partial charge >= 0.3 is 0 Å². The highest BCUT2D eigenvalue weighted by molar-refractivity contribution is 6.12. The molecule has 0 aliphatic carbocycles. The fourth-order valence-corrected chi connectivity index (χ4v) is 2.59. The van der Waals surface area contributed by atoms with Crippen molar-refractivity contribution in [1.29, 1.82) is 0 Å². The zero-order valence-electron chi connectivity index (χ0n) is 12.0. The summed E-state index contributed by atoms with van der Waals surface area (Å²) < 4.78 is 0. The van der Waals surface area contributed by atoms with Crippen LogP contribution in [-0.4, -0.2) is 23.6 Å². The minimum absolute atomic E-state index is 0.236. The van der Waals surface area contributed by atoms with Crippen molar-refractivity contribution in [3.63, 3.8) is 0 Å². The van der Waals surface area contributed by atoms with Crippen molar-refractivity contribution in [2.24, 2.45) is 5.73 Å². The number of carbonyl (C=O) groups is 3. The SMILES string of the molecule is NC(=O)c1c(NC=O)[nH]c2cc(-c3cccc(C=O)c3)ccc12. The van der Waals surface area contributed by atoms with Gasteiger partial charge in [0.2, 0.25) is 6.41 Å². The highest BCUT2D eigenvalue weighted by atomic mass is 16.1. The number of primary amides is 1. The second-order valence-corrected chi connectivity index (χ2v) is 5.01. The minimum Gasteiger partial charge on any atom is -0.365 e. The van der Waals surface area contributed by atoms with E-state index in [1.165, 1.54) is 0 Å². The van der Waals surface area contributed by atoms with Crippen LogP contribution >= 0.6 is 0 Å². The molecular weight excluding hydrogens is 294 g/mol. The maximum atomic E-state index is 11.6. The molecular formula is C17H13N3O3. The van der Waals surface area contributed by atoms with Gasteiger partial charge in [0.15, 0.2) is 0 Å². The molecule has 0 aliphatic heterocycles. The fraction of sp³-hybridized carbons (Fsp3) is 0. The molecule has 0 spiro atoms. The zero-order valence-corrected chi connectivity index (χ0v) is 12.0. The lowest BCUT2D eigenvalue weighted by Gasteiger charge is -2.03. The molecule has 6 nitrogen and oxygen atoms in total. The number of hydrogen-bond donors (Lipinski definition) is 3. The Kier molecular flexibility index (Phi) is 3.64. The molecule has 0 saturated carbocycles. The van der Waals surface area contributed by atoms with Gasteiger partial charge in [0.25, 0.3) is 5.91 Å². The van der Waals surface area contributed by atoms with Crippen molar-refractivity contribution in [3.05, 3.63) is 53.6 Å². The summed E-state index contributed by atoms with van der Waals surface area (Å²) in [7, 11) is 0. The molecule has 0 bridgehead atoms. The van der Waals surface area contributed by atoms with Crippen LogP contribution in [0.5, 0.6) is 0 Å². The van der Waals surface area contributed by atoms with Gasteiger partial charge in [-0.3, -0.25) is 14.4 Å². The van der Waals surface area contributed by atoms with E-state index in [-0.39, 0.29) is 11.4 Å². The highest BCUT2D eigenvalue weighted by Crippen LogP contribution is 2.30. The lowest BCUT2D eigenvalue weighted by molar-refractivity contribution is -0.105. The Hall–Kier alpha value is -3.41. The van der Waals surface area contributed by atoms with E-state index in [0.29, 0.717) is 22.9 Å². The first kappa shape index (κ1) is 14.5. The number of benzene rings is 2. The molecule has 2 amide bonds. The van der Waals surface area contributed by atoms with E-state index in [2.05, 4.69) is 10.3 Å². The van der Waals surface area contributed by atoms with Crippen LogP contribution in [0.15, 0.2) is 42.5 Å². The number of rotatable bonds is 5. The Labute approximate surface area is 131 Å². The number of aldehydes is 1. The largest absolute Gasteiger partial charge is 0.365 e. The Balaban J connectivity index is 2.17. The third kappa shape index (κ3) is 2.57. The Morgan fingerprint density at radius 1 is 1.09 bits per heavy atom. The van der Waals surface area contributed by atoms with Gasteiger partial charge in [-0.2, -0.15) is 0 Å². The number of hydrogen-bond acceptors (Lipinski definition) is 3. The molecule has 0 fully saturated rings. The van der Waals surface area contributed by atoms with E-state index in [1.54, 1.807) is 24.3 Å². The average Bonchev–Trinajstić information content (AvgIpc) is 2.92. The van der Waals surface area contributed by atoms with Gasteiger partial charge < -0.3 is 16.0 Å². The lowest BCUT2D eigenvalue weighted by Crippen LogP contribution is -2.13. The summed E-state index contributed by atoms with van der Waals surface area (Å²) in [6, 6.07) is 12.6. The smallest absolute Gasteiger partial charge is 0.253 e. The van der Waals surface area contributed by atoms with Gasteiger partial charge in [-0.1, -0.05) is 30.3 Å². The maximum absolute atomic E-state index is 11.6. The average molecular weight is 307 g/mol. The molecule has 23 heavy (non-hydrogen) atoms. The zero-order chi connectivity index (χ0) is 16.4. The molecule has 0 aliphatic rings. The molecule has 1 aromatic heterocycles. The molecule has 0 atom stereocenters. The minimum atomic E-state index is -0.628. The summed E-state index contributed by atoms with van der Waals surface area (Å²) in [5.41, 5.74) is 8.61. The molecule has 0 saturated heterocycles. The van der Waals surface area contributed by atoms with Crippen LogP contribution in [0.1, 0.15) is 20.7 Å². The number of aromatic amines is 1. The summed E-state index contributed by atoms with van der Waals surface area (Å²) >= 11 is 0. The van der Waals surface area contributed by atoms with Crippen LogP contribution in [0.2, 0.25) is 0 Å². The second kappa shape index (κ2) is 5.76. The first-order chi connectivity index (χ1) is 11.1. The van der Waals surface area contributed by atoms with E-state index < -0.39 is 5.91 Å². The first-order valence-electron chi connectivity index (χ1n) is 6.85. The fourth-order valence-electron chi connectivity index (χ4n) is 2.59. The van der Waals surface area contributed by atoms with Crippen LogP contribution in [0, 0.1) is 0 Å². The van der Waals surface area contributed by atoms with Gasteiger partial charge in [-0.25, -0.2) is 0 Å². The molecule has 2 aromatic carbocycles. The number of anilines is 1. The van der Waals surface area contributed by atoms with E-state index in [4.69, 9.17) is 5.73 Å². The van der Waals surface area contributed by atoms with E-state index in [9.17, 15) is 14.4 Å². The Bertz CT molecular complexity index is 928. The quantitative estimate of drug-likeness (QED) is 0.630. The van der Waals surface area contributed by atoms with Crippen LogP contribution in [0.4, 0.5) is 5.82 Å². The number of carbonyl (C=O) groups excluding carboxylic acids is 3. The van der Waals surface area contributed by atoms with Crippen LogP contribution in [0.3, 0.4) is 0 Å². The monoisotopic (exact) mass is 307 g/mol. The number of nitrogens with one attached hydrogen (secondary N) is 2. The van der Waals surface area contributed by atoms with Crippen LogP contribution in [0.25, 0.3) is 22.0 Å². The van der Waals surface area contributed by atoms with Crippen molar-refractivity contribution in [3.8, 4) is 11.1 Å². The normalized spacial score (nSPS) is 10.4.